The summed E-state index contributed by atoms with van der Waals surface area (Å²) in [6, 6.07) is 10.7. The predicted octanol–water partition coefficient (Wildman–Crippen LogP) is 4.81. The summed E-state index contributed by atoms with van der Waals surface area (Å²) >= 11 is 0. The Morgan fingerprint density at radius 2 is 1.55 bits per heavy atom. The standard InChI is InChI=1S/C19H23N/c1-17-7-15-8-18(2,11-17)13-19(9-15,12-17)16-5-3-14(10-20)4-6-16/h3-6,15H,7-9,11-13H2,1-2H3. The lowest BCUT2D eigenvalue weighted by atomic mass is 9.39. The third-order valence-corrected chi connectivity index (χ3v) is 6.25. The molecule has 0 amide bonds. The summed E-state index contributed by atoms with van der Waals surface area (Å²) < 4.78 is 0. The Morgan fingerprint density at radius 1 is 0.950 bits per heavy atom. The van der Waals surface area contributed by atoms with Crippen LogP contribution in [0.2, 0.25) is 0 Å². The Balaban J connectivity index is 1.78. The fraction of sp³-hybridized carbons (Fsp3) is 0.632. The molecular weight excluding hydrogens is 242 g/mol. The first-order valence-electron chi connectivity index (χ1n) is 7.95. The summed E-state index contributed by atoms with van der Waals surface area (Å²) in [6.45, 7) is 5.04. The number of hydrogen-bond acceptors (Lipinski definition) is 1. The second kappa shape index (κ2) is 3.67. The first-order valence-corrected chi connectivity index (χ1v) is 7.95. The van der Waals surface area contributed by atoms with Crippen molar-refractivity contribution < 1.29 is 0 Å². The van der Waals surface area contributed by atoms with Crippen LogP contribution in [0.1, 0.15) is 63.5 Å². The monoisotopic (exact) mass is 265 g/mol. The van der Waals surface area contributed by atoms with Gasteiger partial charge in [-0.05, 0) is 78.4 Å². The van der Waals surface area contributed by atoms with Crippen LogP contribution in [-0.4, -0.2) is 0 Å². The molecule has 1 nitrogen and oxygen atoms in total. The summed E-state index contributed by atoms with van der Waals surface area (Å²) in [4.78, 5) is 0. The molecule has 20 heavy (non-hydrogen) atoms. The van der Waals surface area contributed by atoms with E-state index >= 15 is 0 Å². The lowest BCUT2D eigenvalue weighted by molar-refractivity contribution is -0.110. The lowest BCUT2D eigenvalue weighted by Gasteiger charge is -2.65. The van der Waals surface area contributed by atoms with Gasteiger partial charge in [0.15, 0.2) is 0 Å². The van der Waals surface area contributed by atoms with Gasteiger partial charge in [0, 0.05) is 0 Å². The zero-order valence-corrected chi connectivity index (χ0v) is 12.6. The molecule has 0 aliphatic heterocycles. The molecular formula is C19H23N. The Bertz CT molecular complexity index is 573. The van der Waals surface area contributed by atoms with Gasteiger partial charge in [0.25, 0.3) is 0 Å². The molecule has 4 fully saturated rings. The zero-order valence-electron chi connectivity index (χ0n) is 12.6. The first kappa shape index (κ1) is 12.5. The average Bonchev–Trinajstić information content (AvgIpc) is 2.34. The molecule has 0 spiro atoms. The van der Waals surface area contributed by atoms with E-state index in [1.165, 1.54) is 44.1 Å². The van der Waals surface area contributed by atoms with E-state index in [1.807, 2.05) is 12.1 Å². The van der Waals surface area contributed by atoms with Crippen LogP contribution in [-0.2, 0) is 5.41 Å². The van der Waals surface area contributed by atoms with Gasteiger partial charge >= 0.3 is 0 Å². The minimum atomic E-state index is 0.400. The van der Waals surface area contributed by atoms with Gasteiger partial charge in [-0.15, -0.1) is 0 Å². The second-order valence-electron chi connectivity index (χ2n) is 8.60. The van der Waals surface area contributed by atoms with Gasteiger partial charge in [-0.1, -0.05) is 26.0 Å². The Hall–Kier alpha value is -1.29. The molecule has 0 aromatic heterocycles. The molecule has 4 aliphatic carbocycles. The molecule has 0 N–H and O–H groups in total. The molecule has 2 unspecified atom stereocenters. The average molecular weight is 265 g/mol. The summed E-state index contributed by atoms with van der Waals surface area (Å²) in [5.74, 6) is 0.928. The Morgan fingerprint density at radius 3 is 2.05 bits per heavy atom. The maximum atomic E-state index is 8.99. The highest BCUT2D eigenvalue weighted by atomic mass is 14.6. The Kier molecular flexibility index (Phi) is 2.28. The number of rotatable bonds is 1. The van der Waals surface area contributed by atoms with Crippen molar-refractivity contribution >= 4 is 0 Å². The van der Waals surface area contributed by atoms with E-state index < -0.39 is 0 Å². The molecule has 104 valence electrons. The highest BCUT2D eigenvalue weighted by Crippen LogP contribution is 2.69. The summed E-state index contributed by atoms with van der Waals surface area (Å²) in [7, 11) is 0. The lowest BCUT2D eigenvalue weighted by Crippen LogP contribution is -2.56. The molecule has 5 rings (SSSR count). The molecule has 1 aromatic rings. The molecule has 0 heterocycles. The van der Waals surface area contributed by atoms with Gasteiger partial charge in [-0.25, -0.2) is 0 Å². The number of nitriles is 1. The van der Waals surface area contributed by atoms with Crippen LogP contribution >= 0.6 is 0 Å². The highest BCUT2D eigenvalue weighted by molar-refractivity contribution is 5.37. The smallest absolute Gasteiger partial charge is 0.0991 e. The molecule has 0 radical (unpaired) electrons. The van der Waals surface area contributed by atoms with Crippen LogP contribution in [0.4, 0.5) is 0 Å². The van der Waals surface area contributed by atoms with Crippen molar-refractivity contribution in [3.05, 3.63) is 35.4 Å². The van der Waals surface area contributed by atoms with Crippen molar-refractivity contribution in [2.24, 2.45) is 16.7 Å². The topological polar surface area (TPSA) is 23.8 Å². The number of hydrogen-bond donors (Lipinski definition) is 0. The van der Waals surface area contributed by atoms with Crippen molar-refractivity contribution in [2.75, 3.05) is 0 Å². The van der Waals surface area contributed by atoms with E-state index in [0.717, 1.165) is 11.5 Å². The van der Waals surface area contributed by atoms with Crippen molar-refractivity contribution in [1.82, 2.24) is 0 Å². The van der Waals surface area contributed by atoms with E-state index in [1.54, 1.807) is 0 Å². The molecule has 4 aliphatic rings. The van der Waals surface area contributed by atoms with Crippen LogP contribution in [0.25, 0.3) is 0 Å². The van der Waals surface area contributed by atoms with Crippen LogP contribution in [0, 0.1) is 28.1 Å². The summed E-state index contributed by atoms with van der Waals surface area (Å²) in [5.41, 5.74) is 3.80. The van der Waals surface area contributed by atoms with E-state index in [4.69, 9.17) is 5.26 Å². The van der Waals surface area contributed by atoms with E-state index in [-0.39, 0.29) is 0 Å². The molecule has 2 atom stereocenters. The largest absolute Gasteiger partial charge is 0.192 e. The molecule has 4 saturated carbocycles. The van der Waals surface area contributed by atoms with Crippen molar-refractivity contribution in [3.63, 3.8) is 0 Å². The second-order valence-corrected chi connectivity index (χ2v) is 8.60. The Labute approximate surface area is 122 Å². The minimum Gasteiger partial charge on any atom is -0.192 e. The highest BCUT2D eigenvalue weighted by Gasteiger charge is 2.60. The van der Waals surface area contributed by atoms with Crippen LogP contribution in [0.3, 0.4) is 0 Å². The maximum Gasteiger partial charge on any atom is 0.0991 e. The van der Waals surface area contributed by atoms with E-state index in [0.29, 0.717) is 16.2 Å². The van der Waals surface area contributed by atoms with Gasteiger partial charge in [0.1, 0.15) is 0 Å². The fourth-order valence-electron chi connectivity index (χ4n) is 6.67. The SMILES string of the molecule is CC12CC3CC(C)(C1)CC(c1ccc(C#N)cc1)(C3)C2. The predicted molar refractivity (Wildman–Crippen MR) is 80.2 cm³/mol. The number of benzene rings is 1. The zero-order chi connectivity index (χ0) is 14.0. The summed E-state index contributed by atoms with van der Waals surface area (Å²) in [5, 5.41) is 8.99. The van der Waals surface area contributed by atoms with Gasteiger partial charge in [0.2, 0.25) is 0 Å². The van der Waals surface area contributed by atoms with E-state index in [2.05, 4.69) is 32.0 Å². The minimum absolute atomic E-state index is 0.400. The van der Waals surface area contributed by atoms with Gasteiger partial charge in [-0.3, -0.25) is 0 Å². The molecule has 4 bridgehead atoms. The summed E-state index contributed by atoms with van der Waals surface area (Å²) in [6.07, 6.45) is 8.41. The maximum absolute atomic E-state index is 8.99. The van der Waals surface area contributed by atoms with E-state index in [9.17, 15) is 0 Å². The number of nitrogens with zero attached hydrogens (tertiary/aromatic N) is 1. The van der Waals surface area contributed by atoms with Crippen molar-refractivity contribution in [2.45, 2.75) is 57.8 Å². The molecule has 1 heteroatoms. The normalized spacial score (nSPS) is 45.4. The van der Waals surface area contributed by atoms with Crippen LogP contribution in [0.15, 0.2) is 24.3 Å². The third-order valence-electron chi connectivity index (χ3n) is 6.25. The van der Waals surface area contributed by atoms with Crippen LogP contribution < -0.4 is 0 Å². The van der Waals surface area contributed by atoms with Crippen molar-refractivity contribution in [3.8, 4) is 6.07 Å². The third kappa shape index (κ3) is 1.67. The van der Waals surface area contributed by atoms with Crippen molar-refractivity contribution in [1.29, 1.82) is 5.26 Å². The fourth-order valence-corrected chi connectivity index (χ4v) is 6.67. The molecule has 0 saturated heterocycles. The molecule has 1 aromatic carbocycles. The quantitative estimate of drug-likeness (QED) is 0.715. The van der Waals surface area contributed by atoms with Crippen LogP contribution in [0.5, 0.6) is 0 Å². The van der Waals surface area contributed by atoms with Gasteiger partial charge in [-0.2, -0.15) is 5.26 Å². The van der Waals surface area contributed by atoms with Gasteiger partial charge in [0.05, 0.1) is 11.6 Å². The first-order chi connectivity index (χ1) is 9.44. The van der Waals surface area contributed by atoms with Gasteiger partial charge < -0.3 is 0 Å².